The quantitative estimate of drug-likeness (QED) is 0.382. The van der Waals surface area contributed by atoms with Crippen molar-refractivity contribution in [3.8, 4) is 0 Å². The molecule has 1 saturated carbocycles. The fourth-order valence-corrected chi connectivity index (χ4v) is 6.07. The van der Waals surface area contributed by atoms with Crippen molar-refractivity contribution < 1.29 is 24.5 Å². The summed E-state index contributed by atoms with van der Waals surface area (Å²) < 4.78 is 5.98. The number of aliphatic hydroxyl groups excluding tert-OH is 2. The minimum absolute atomic E-state index is 0.0199. The Balaban J connectivity index is 1.86. The summed E-state index contributed by atoms with van der Waals surface area (Å²) in [5, 5.41) is 21.8. The number of hydrogen-bond donors (Lipinski definition) is 2. The molecule has 2 aliphatic rings. The van der Waals surface area contributed by atoms with Crippen LogP contribution < -0.4 is 0 Å². The summed E-state index contributed by atoms with van der Waals surface area (Å²) in [5.74, 6) is -0.964. The van der Waals surface area contributed by atoms with Gasteiger partial charge >= 0.3 is 5.97 Å². The molecule has 1 saturated heterocycles. The third kappa shape index (κ3) is 7.24. The number of rotatable bonds is 3. The van der Waals surface area contributed by atoms with Crippen molar-refractivity contribution in [2.45, 2.75) is 103 Å². The van der Waals surface area contributed by atoms with Gasteiger partial charge in [0.15, 0.2) is 0 Å². The van der Waals surface area contributed by atoms with Gasteiger partial charge < -0.3 is 14.9 Å². The van der Waals surface area contributed by atoms with E-state index >= 15 is 0 Å². The van der Waals surface area contributed by atoms with Crippen LogP contribution in [0, 0.1) is 28.6 Å². The first-order valence-electron chi connectivity index (χ1n) is 13.6. The van der Waals surface area contributed by atoms with Crippen LogP contribution in [0.15, 0.2) is 28.8 Å². The Bertz CT molecular complexity index is 990. The van der Waals surface area contributed by atoms with Crippen molar-refractivity contribution in [2.75, 3.05) is 6.26 Å². The van der Waals surface area contributed by atoms with E-state index in [0.717, 1.165) is 48.3 Å². The first-order valence-corrected chi connectivity index (χ1v) is 14.8. The van der Waals surface area contributed by atoms with Crippen LogP contribution >= 0.6 is 11.8 Å². The number of thioether (sulfide) groups is 1. The summed E-state index contributed by atoms with van der Waals surface area (Å²) in [4.78, 5) is 31.9. The van der Waals surface area contributed by atoms with Gasteiger partial charge in [0.1, 0.15) is 11.9 Å². The number of ketones is 1. The van der Waals surface area contributed by atoms with Crippen LogP contribution in [0.5, 0.6) is 0 Å². The maximum atomic E-state index is 13.3. The van der Waals surface area contributed by atoms with Crippen LogP contribution in [0.1, 0.15) is 85.8 Å². The normalized spacial score (nSPS) is 36.0. The number of cyclic esters (lactones) is 1. The second-order valence-corrected chi connectivity index (χ2v) is 13.1. The fourth-order valence-electron chi connectivity index (χ4n) is 5.70. The van der Waals surface area contributed by atoms with Crippen LogP contribution in [-0.4, -0.2) is 51.5 Å². The van der Waals surface area contributed by atoms with E-state index in [0.29, 0.717) is 5.92 Å². The van der Waals surface area contributed by atoms with Gasteiger partial charge in [-0.25, -0.2) is 0 Å². The number of ether oxygens (including phenoxy) is 1. The van der Waals surface area contributed by atoms with Crippen molar-refractivity contribution in [1.82, 2.24) is 4.98 Å². The monoisotopic (exact) mass is 531 g/mol. The van der Waals surface area contributed by atoms with Gasteiger partial charge in [-0.05, 0) is 79.9 Å². The highest BCUT2D eigenvalue weighted by Gasteiger charge is 2.50. The van der Waals surface area contributed by atoms with Crippen LogP contribution in [0.25, 0.3) is 6.08 Å². The second-order valence-electron chi connectivity index (χ2n) is 12.2. The molecule has 37 heavy (non-hydrogen) atoms. The average Bonchev–Trinajstić information content (AvgIpc) is 3.50. The van der Waals surface area contributed by atoms with Crippen molar-refractivity contribution in [1.29, 1.82) is 0 Å². The fraction of sp³-hybridized carbons (Fsp3) is 0.700. The van der Waals surface area contributed by atoms with Crippen molar-refractivity contribution >= 4 is 29.6 Å². The number of esters is 1. The largest absolute Gasteiger partial charge is 0.458 e. The summed E-state index contributed by atoms with van der Waals surface area (Å²) in [6, 6.07) is 3.98. The summed E-state index contributed by atoms with van der Waals surface area (Å²) in [5.41, 5.74) is 0.733. The highest BCUT2D eigenvalue weighted by molar-refractivity contribution is 7.98. The summed E-state index contributed by atoms with van der Waals surface area (Å²) in [7, 11) is 0. The van der Waals surface area contributed by atoms with Gasteiger partial charge in [-0.1, -0.05) is 41.0 Å². The molecular weight excluding hydrogens is 486 g/mol. The lowest BCUT2D eigenvalue weighted by molar-refractivity contribution is -0.154. The average molecular weight is 532 g/mol. The van der Waals surface area contributed by atoms with Crippen LogP contribution in [0.2, 0.25) is 0 Å². The van der Waals surface area contributed by atoms with Crippen LogP contribution in [0.4, 0.5) is 0 Å². The second kappa shape index (κ2) is 12.0. The zero-order valence-corrected chi connectivity index (χ0v) is 24.3. The van der Waals surface area contributed by atoms with Gasteiger partial charge in [0.2, 0.25) is 0 Å². The molecule has 7 atom stereocenters. The molecule has 1 aromatic heterocycles. The predicted molar refractivity (Wildman–Crippen MR) is 148 cm³/mol. The molecule has 1 aliphatic heterocycles. The lowest BCUT2D eigenvalue weighted by atomic mass is 9.73. The van der Waals surface area contributed by atoms with E-state index in [9.17, 15) is 19.8 Å². The summed E-state index contributed by atoms with van der Waals surface area (Å²) >= 11 is 1.64. The lowest BCUT2D eigenvalue weighted by Gasteiger charge is -2.34. The molecule has 2 fully saturated rings. The third-order valence-corrected chi connectivity index (χ3v) is 9.65. The zero-order valence-electron chi connectivity index (χ0n) is 23.5. The Morgan fingerprint density at radius 1 is 1.19 bits per heavy atom. The number of Topliss-reactive ketones (excluding diaryl/α,β-unsaturated/α-hetero) is 1. The maximum absolute atomic E-state index is 13.3. The highest BCUT2D eigenvalue weighted by atomic mass is 32.2. The topological polar surface area (TPSA) is 96.7 Å². The van der Waals surface area contributed by atoms with Gasteiger partial charge in [0.05, 0.1) is 29.7 Å². The number of nitrogens with zero attached hydrogens (tertiary/aromatic N) is 1. The van der Waals surface area contributed by atoms with Gasteiger partial charge in [-0.3, -0.25) is 14.6 Å². The Labute approximate surface area is 226 Å². The smallest absolute Gasteiger partial charge is 0.309 e. The summed E-state index contributed by atoms with van der Waals surface area (Å²) in [6.45, 7) is 11.3. The maximum Gasteiger partial charge on any atom is 0.309 e. The Morgan fingerprint density at radius 2 is 1.89 bits per heavy atom. The Hall–Kier alpha value is -1.70. The van der Waals surface area contributed by atoms with Gasteiger partial charge in [-0.15, -0.1) is 11.8 Å². The van der Waals surface area contributed by atoms with Gasteiger partial charge in [0, 0.05) is 17.0 Å². The van der Waals surface area contributed by atoms with E-state index in [1.807, 2.05) is 44.5 Å². The lowest BCUT2D eigenvalue weighted by Crippen LogP contribution is -2.45. The zero-order chi connectivity index (χ0) is 27.5. The van der Waals surface area contributed by atoms with Crippen molar-refractivity contribution in [3.63, 3.8) is 0 Å². The molecule has 7 heteroatoms. The Kier molecular flexibility index (Phi) is 9.68. The molecule has 0 spiro atoms. The number of aliphatic hydroxyl groups is 2. The van der Waals surface area contributed by atoms with Crippen LogP contribution in [0.3, 0.4) is 0 Å². The van der Waals surface area contributed by atoms with Crippen molar-refractivity contribution in [2.24, 2.45) is 28.6 Å². The third-order valence-electron chi connectivity index (χ3n) is 8.93. The molecule has 0 bridgehead atoms. The standard InChI is InChI=1S/C30H45NO5S/c1-18-9-8-12-30(6)16-21(30)14-24(19(2)13-22-10-11-23(37-7)17-31-22)36-26(33)15-25(32)29(4,5)28(35)20(3)27(18)34/h10-11,13,17-18,20-21,24-25,27,32,34H,8-9,12,14-16H2,1-7H3/b19-13+/t18-,20+,21?,24?,25-,27?,30?/m0/s1. The number of carbonyl (C=O) groups excluding carboxylic acids is 2. The minimum atomic E-state index is -1.21. The minimum Gasteiger partial charge on any atom is -0.458 e. The van der Waals surface area contributed by atoms with Gasteiger partial charge in [-0.2, -0.15) is 0 Å². The predicted octanol–water partition coefficient (Wildman–Crippen LogP) is 5.70. The molecule has 1 aromatic rings. The van der Waals surface area contributed by atoms with E-state index in [2.05, 4.69) is 11.9 Å². The molecule has 3 rings (SSSR count). The van der Waals surface area contributed by atoms with Crippen molar-refractivity contribution in [3.05, 3.63) is 29.6 Å². The number of fused-ring (bicyclic) bond motifs is 1. The van der Waals surface area contributed by atoms with E-state index < -0.39 is 35.6 Å². The number of aromatic nitrogens is 1. The first kappa shape index (κ1) is 29.9. The molecule has 1 aliphatic carbocycles. The first-order chi connectivity index (χ1) is 17.3. The van der Waals surface area contributed by atoms with Gasteiger partial charge in [0.25, 0.3) is 0 Å². The molecule has 4 unspecified atom stereocenters. The molecule has 2 heterocycles. The molecule has 6 nitrogen and oxygen atoms in total. The SMILES string of the molecule is CSc1ccc(/C=C(\C)C2CC3CC3(C)CCC[C@H](C)C(O)[C@@H](C)C(=O)C(C)(C)[C@@H](O)CC(=O)O2)nc1. The number of hydrogen-bond acceptors (Lipinski definition) is 7. The van der Waals surface area contributed by atoms with E-state index in [-0.39, 0.29) is 23.5 Å². The molecular formula is C30H45NO5S. The van der Waals surface area contributed by atoms with E-state index in [4.69, 9.17) is 4.74 Å². The number of pyridine rings is 1. The molecule has 0 radical (unpaired) electrons. The van der Waals surface area contributed by atoms with Crippen LogP contribution in [-0.2, 0) is 14.3 Å². The number of carbonyl (C=O) groups is 2. The molecule has 0 amide bonds. The molecule has 0 aromatic carbocycles. The van der Waals surface area contributed by atoms with E-state index in [1.54, 1.807) is 32.5 Å². The molecule has 206 valence electrons. The summed E-state index contributed by atoms with van der Waals surface area (Å²) in [6.07, 6.45) is 7.80. The molecule has 2 N–H and O–H groups in total. The Morgan fingerprint density at radius 3 is 2.51 bits per heavy atom. The highest BCUT2D eigenvalue weighted by Crippen LogP contribution is 2.58. The van der Waals surface area contributed by atoms with E-state index in [1.165, 1.54) is 0 Å².